The molecule has 3 rings (SSSR count). The van der Waals surface area contributed by atoms with Gasteiger partial charge in [0.1, 0.15) is 17.8 Å². The Kier molecular flexibility index (Phi) is 4.78. The van der Waals surface area contributed by atoms with Crippen LogP contribution >= 0.6 is 11.8 Å². The van der Waals surface area contributed by atoms with E-state index in [0.717, 1.165) is 24.3 Å². The summed E-state index contributed by atoms with van der Waals surface area (Å²) < 4.78 is 11.6. The predicted molar refractivity (Wildman–Crippen MR) is 84.4 cm³/mol. The quantitative estimate of drug-likeness (QED) is 0.831. The van der Waals surface area contributed by atoms with E-state index < -0.39 is 0 Å². The lowest BCUT2D eigenvalue weighted by Gasteiger charge is -2.11. The van der Waals surface area contributed by atoms with Crippen molar-refractivity contribution >= 4 is 11.8 Å². The van der Waals surface area contributed by atoms with E-state index in [9.17, 15) is 0 Å². The number of hydrogen-bond acceptors (Lipinski definition) is 4. The highest BCUT2D eigenvalue weighted by molar-refractivity contribution is 7.99. The Balaban J connectivity index is 1.58. The van der Waals surface area contributed by atoms with Gasteiger partial charge in [-0.25, -0.2) is 0 Å². The van der Waals surface area contributed by atoms with Crippen molar-refractivity contribution in [3.05, 3.63) is 54.4 Å². The van der Waals surface area contributed by atoms with Crippen LogP contribution in [0.3, 0.4) is 0 Å². The number of rotatable bonds is 5. The minimum atomic E-state index is 0.272. The Morgan fingerprint density at radius 2 is 2.29 bits per heavy atom. The first-order valence-electron chi connectivity index (χ1n) is 7.19. The lowest BCUT2D eigenvalue weighted by molar-refractivity contribution is 0.166. The maximum atomic E-state index is 5.82. The third kappa shape index (κ3) is 4.22. The van der Waals surface area contributed by atoms with Crippen LogP contribution in [0.4, 0.5) is 0 Å². The molecule has 21 heavy (non-hydrogen) atoms. The first-order valence-corrected chi connectivity index (χ1v) is 8.07. The Morgan fingerprint density at radius 3 is 3.05 bits per heavy atom. The van der Waals surface area contributed by atoms with Gasteiger partial charge in [0, 0.05) is 22.9 Å². The van der Waals surface area contributed by atoms with Gasteiger partial charge in [-0.3, -0.25) is 4.98 Å². The van der Waals surface area contributed by atoms with E-state index in [1.807, 2.05) is 30.5 Å². The number of thioether (sulfide) groups is 1. The summed E-state index contributed by atoms with van der Waals surface area (Å²) in [5, 5.41) is 0. The summed E-state index contributed by atoms with van der Waals surface area (Å²) in [6, 6.07) is 12.1. The average Bonchev–Trinajstić information content (AvgIpc) is 2.92. The molecule has 0 saturated carbocycles. The summed E-state index contributed by atoms with van der Waals surface area (Å²) in [7, 11) is 0. The Morgan fingerprint density at radius 1 is 1.33 bits per heavy atom. The van der Waals surface area contributed by atoms with Gasteiger partial charge >= 0.3 is 0 Å². The van der Waals surface area contributed by atoms with E-state index in [2.05, 4.69) is 24.0 Å². The molecule has 110 valence electrons. The fraction of sp³-hybridized carbons (Fsp3) is 0.353. The molecule has 1 fully saturated rings. The van der Waals surface area contributed by atoms with E-state index in [-0.39, 0.29) is 5.44 Å². The predicted octanol–water partition coefficient (Wildman–Crippen LogP) is 4.14. The fourth-order valence-corrected chi connectivity index (χ4v) is 3.47. The number of nitrogens with zero attached hydrogens (tertiary/aromatic N) is 1. The van der Waals surface area contributed by atoms with Crippen LogP contribution in [0.2, 0.25) is 0 Å². The summed E-state index contributed by atoms with van der Waals surface area (Å²) in [6.07, 6.45) is 4.71. The molecule has 1 aromatic carbocycles. The van der Waals surface area contributed by atoms with Crippen molar-refractivity contribution in [2.75, 3.05) is 6.61 Å². The van der Waals surface area contributed by atoms with Crippen LogP contribution in [-0.4, -0.2) is 17.0 Å². The van der Waals surface area contributed by atoms with E-state index in [1.54, 1.807) is 18.0 Å². The first kappa shape index (κ1) is 14.4. The number of benzene rings is 1. The van der Waals surface area contributed by atoms with Gasteiger partial charge in [0.05, 0.1) is 6.61 Å². The van der Waals surface area contributed by atoms with Crippen molar-refractivity contribution < 1.29 is 9.47 Å². The summed E-state index contributed by atoms with van der Waals surface area (Å²) in [5.74, 6) is 1.54. The normalized spacial score (nSPS) is 21.4. The van der Waals surface area contributed by atoms with Crippen LogP contribution in [0.5, 0.6) is 5.75 Å². The molecule has 1 aliphatic heterocycles. The minimum Gasteiger partial charge on any atom is -0.489 e. The molecule has 0 amide bonds. The van der Waals surface area contributed by atoms with E-state index in [4.69, 9.17) is 9.47 Å². The van der Waals surface area contributed by atoms with Crippen molar-refractivity contribution in [3.63, 3.8) is 0 Å². The maximum Gasteiger partial charge on any atom is 0.120 e. The number of ether oxygens (including phenoxy) is 2. The zero-order valence-corrected chi connectivity index (χ0v) is 12.9. The summed E-state index contributed by atoms with van der Waals surface area (Å²) in [6.45, 7) is 3.64. The van der Waals surface area contributed by atoms with Crippen LogP contribution in [-0.2, 0) is 11.3 Å². The monoisotopic (exact) mass is 301 g/mol. The molecule has 0 radical (unpaired) electrons. The highest BCUT2D eigenvalue weighted by Gasteiger charge is 2.22. The largest absolute Gasteiger partial charge is 0.489 e. The lowest BCUT2D eigenvalue weighted by Crippen LogP contribution is -1.99. The molecule has 0 bridgehead atoms. The van der Waals surface area contributed by atoms with E-state index in [1.165, 1.54) is 4.90 Å². The van der Waals surface area contributed by atoms with Crippen LogP contribution in [0.15, 0.2) is 53.7 Å². The molecule has 0 N–H and O–H groups in total. The molecule has 1 aromatic heterocycles. The minimum absolute atomic E-state index is 0.272. The zero-order chi connectivity index (χ0) is 14.5. The van der Waals surface area contributed by atoms with Crippen molar-refractivity contribution in [2.24, 2.45) is 5.92 Å². The van der Waals surface area contributed by atoms with Gasteiger partial charge in [-0.1, -0.05) is 30.8 Å². The van der Waals surface area contributed by atoms with Gasteiger partial charge in [-0.2, -0.15) is 0 Å². The van der Waals surface area contributed by atoms with Gasteiger partial charge in [0.2, 0.25) is 0 Å². The van der Waals surface area contributed by atoms with Gasteiger partial charge < -0.3 is 9.47 Å². The van der Waals surface area contributed by atoms with Crippen molar-refractivity contribution in [2.45, 2.75) is 30.3 Å². The molecule has 2 heterocycles. The lowest BCUT2D eigenvalue weighted by atomic mass is 10.2. The van der Waals surface area contributed by atoms with E-state index in [0.29, 0.717) is 12.5 Å². The third-order valence-corrected chi connectivity index (χ3v) is 4.48. The smallest absolute Gasteiger partial charge is 0.120 e. The Bertz CT molecular complexity index is 576. The summed E-state index contributed by atoms with van der Waals surface area (Å²) >= 11 is 1.78. The highest BCUT2D eigenvalue weighted by atomic mass is 32.2. The molecule has 1 saturated heterocycles. The van der Waals surface area contributed by atoms with Crippen molar-refractivity contribution in [1.82, 2.24) is 4.98 Å². The highest BCUT2D eigenvalue weighted by Crippen LogP contribution is 2.34. The standard InChI is InChI=1S/C17H19NO2S/c1-13-8-17(20-11-13)21-16-6-2-5-15(9-16)19-12-14-4-3-7-18-10-14/h2-7,9-10,13,17H,8,11-12H2,1H3/t13-,17?/m1/s1. The Hall–Kier alpha value is -1.52. The second-order valence-electron chi connectivity index (χ2n) is 5.35. The van der Waals surface area contributed by atoms with Crippen LogP contribution in [0.1, 0.15) is 18.9 Å². The molecule has 0 spiro atoms. The summed E-state index contributed by atoms with van der Waals surface area (Å²) in [4.78, 5) is 5.28. The molecule has 0 aliphatic carbocycles. The molecule has 2 atom stereocenters. The molecular formula is C17H19NO2S. The topological polar surface area (TPSA) is 31.4 Å². The third-order valence-electron chi connectivity index (χ3n) is 3.36. The van der Waals surface area contributed by atoms with Gasteiger partial charge in [0.15, 0.2) is 0 Å². The van der Waals surface area contributed by atoms with Crippen LogP contribution < -0.4 is 4.74 Å². The molecule has 1 aliphatic rings. The SMILES string of the molecule is C[C@H]1COC(Sc2cccc(OCc3cccnc3)c2)C1. The van der Waals surface area contributed by atoms with Crippen LogP contribution in [0, 0.1) is 5.92 Å². The molecular weight excluding hydrogens is 282 g/mol. The molecule has 3 nitrogen and oxygen atoms in total. The first-order chi connectivity index (χ1) is 10.3. The van der Waals surface area contributed by atoms with Gasteiger partial charge in [-0.05, 0) is 36.6 Å². The van der Waals surface area contributed by atoms with Crippen molar-refractivity contribution in [1.29, 1.82) is 0 Å². The zero-order valence-electron chi connectivity index (χ0n) is 12.1. The van der Waals surface area contributed by atoms with Gasteiger partial charge in [0.25, 0.3) is 0 Å². The fourth-order valence-electron chi connectivity index (χ4n) is 2.26. The van der Waals surface area contributed by atoms with Gasteiger partial charge in [-0.15, -0.1) is 0 Å². The molecule has 2 aromatic rings. The molecule has 4 heteroatoms. The number of pyridine rings is 1. The second kappa shape index (κ2) is 6.96. The average molecular weight is 301 g/mol. The Labute approximate surface area is 129 Å². The molecule has 1 unspecified atom stereocenters. The second-order valence-corrected chi connectivity index (χ2v) is 6.58. The summed E-state index contributed by atoms with van der Waals surface area (Å²) in [5.41, 5.74) is 1.34. The number of aromatic nitrogens is 1. The van der Waals surface area contributed by atoms with Crippen LogP contribution in [0.25, 0.3) is 0 Å². The van der Waals surface area contributed by atoms with Crippen molar-refractivity contribution in [3.8, 4) is 5.75 Å². The maximum absolute atomic E-state index is 5.82. The number of hydrogen-bond donors (Lipinski definition) is 0. The van der Waals surface area contributed by atoms with E-state index >= 15 is 0 Å².